The van der Waals surface area contributed by atoms with Crippen molar-refractivity contribution in [3.63, 3.8) is 0 Å². The summed E-state index contributed by atoms with van der Waals surface area (Å²) >= 11 is 5.98. The van der Waals surface area contributed by atoms with E-state index in [1.54, 1.807) is 19.1 Å². The fraction of sp³-hybridized carbons (Fsp3) is 0.250. The van der Waals surface area contributed by atoms with Crippen molar-refractivity contribution < 1.29 is 9.13 Å². The molecule has 2 aromatic rings. The fourth-order valence-corrected chi connectivity index (χ4v) is 2.73. The summed E-state index contributed by atoms with van der Waals surface area (Å²) in [7, 11) is 0. The van der Waals surface area contributed by atoms with E-state index in [-0.39, 0.29) is 18.0 Å². The van der Waals surface area contributed by atoms with Crippen molar-refractivity contribution in [2.75, 3.05) is 0 Å². The summed E-state index contributed by atoms with van der Waals surface area (Å²) in [5, 5.41) is 0.652. The molecule has 4 heteroatoms. The first-order valence-electron chi connectivity index (χ1n) is 6.52. The van der Waals surface area contributed by atoms with Gasteiger partial charge < -0.3 is 10.5 Å². The van der Waals surface area contributed by atoms with Crippen LogP contribution < -0.4 is 10.5 Å². The maximum absolute atomic E-state index is 13.3. The number of hydrogen-bond donors (Lipinski definition) is 1. The number of halogens is 2. The molecule has 1 aliphatic heterocycles. The molecule has 2 nitrogen and oxygen atoms in total. The van der Waals surface area contributed by atoms with Gasteiger partial charge in [-0.25, -0.2) is 4.39 Å². The molecule has 20 heavy (non-hydrogen) atoms. The van der Waals surface area contributed by atoms with Crippen LogP contribution in [-0.2, 0) is 0 Å². The van der Waals surface area contributed by atoms with Crippen molar-refractivity contribution in [2.24, 2.45) is 5.73 Å². The van der Waals surface area contributed by atoms with Crippen LogP contribution in [0.15, 0.2) is 36.4 Å². The molecule has 3 rings (SSSR count). The topological polar surface area (TPSA) is 35.2 Å². The second-order valence-electron chi connectivity index (χ2n) is 5.14. The van der Waals surface area contributed by atoms with E-state index >= 15 is 0 Å². The first kappa shape index (κ1) is 13.4. The Morgan fingerprint density at radius 1 is 1.25 bits per heavy atom. The van der Waals surface area contributed by atoms with Crippen molar-refractivity contribution in [3.8, 4) is 5.75 Å². The van der Waals surface area contributed by atoms with Gasteiger partial charge in [-0.3, -0.25) is 0 Å². The lowest BCUT2D eigenvalue weighted by molar-refractivity contribution is 0.161. The Balaban J connectivity index is 1.94. The van der Waals surface area contributed by atoms with Crippen molar-refractivity contribution in [2.45, 2.75) is 25.5 Å². The highest BCUT2D eigenvalue weighted by Crippen LogP contribution is 2.40. The van der Waals surface area contributed by atoms with Crippen molar-refractivity contribution in [1.82, 2.24) is 0 Å². The molecule has 0 fully saturated rings. The van der Waals surface area contributed by atoms with Crippen molar-refractivity contribution >= 4 is 11.6 Å². The smallest absolute Gasteiger partial charge is 0.126 e. The maximum Gasteiger partial charge on any atom is 0.126 e. The summed E-state index contributed by atoms with van der Waals surface area (Å²) in [5.74, 6) is 0.543. The molecular formula is C16H15ClFNO. The van der Waals surface area contributed by atoms with E-state index in [2.05, 4.69) is 0 Å². The molecule has 104 valence electrons. The van der Waals surface area contributed by atoms with E-state index < -0.39 is 0 Å². The lowest BCUT2D eigenvalue weighted by Crippen LogP contribution is -2.24. The first-order valence-corrected chi connectivity index (χ1v) is 6.90. The number of benzene rings is 2. The van der Waals surface area contributed by atoms with Crippen molar-refractivity contribution in [1.29, 1.82) is 0 Å². The molecule has 2 N–H and O–H groups in total. The number of hydrogen-bond acceptors (Lipinski definition) is 2. The van der Waals surface area contributed by atoms with E-state index in [9.17, 15) is 4.39 Å². The van der Waals surface area contributed by atoms with Gasteiger partial charge in [0.2, 0.25) is 0 Å². The summed E-state index contributed by atoms with van der Waals surface area (Å²) in [6.45, 7) is 1.75. The third-order valence-electron chi connectivity index (χ3n) is 3.66. The zero-order chi connectivity index (χ0) is 14.3. The number of aryl methyl sites for hydroxylation is 1. The molecule has 1 heterocycles. The minimum Gasteiger partial charge on any atom is -0.485 e. The van der Waals surface area contributed by atoms with Crippen LogP contribution in [0.1, 0.15) is 35.3 Å². The second-order valence-corrected chi connectivity index (χ2v) is 5.58. The fourth-order valence-electron chi connectivity index (χ4n) is 2.55. The predicted molar refractivity (Wildman–Crippen MR) is 77.5 cm³/mol. The Morgan fingerprint density at radius 2 is 2.05 bits per heavy atom. The predicted octanol–water partition coefficient (Wildman–Crippen LogP) is 4.31. The molecule has 0 saturated heterocycles. The van der Waals surface area contributed by atoms with Crippen LogP contribution in [-0.4, -0.2) is 0 Å². The first-order chi connectivity index (χ1) is 9.54. The minimum absolute atomic E-state index is 0.132. The molecule has 2 aromatic carbocycles. The molecule has 0 bridgehead atoms. The summed E-state index contributed by atoms with van der Waals surface area (Å²) in [6.07, 6.45) is 0.497. The molecule has 0 saturated carbocycles. The third-order valence-corrected chi connectivity index (χ3v) is 3.90. The Labute approximate surface area is 122 Å². The van der Waals surface area contributed by atoms with Gasteiger partial charge in [0.05, 0.1) is 0 Å². The normalized spacial score (nSPS) is 21.2. The van der Waals surface area contributed by atoms with Gasteiger partial charge in [0.25, 0.3) is 0 Å². The highest BCUT2D eigenvalue weighted by Gasteiger charge is 2.27. The number of rotatable bonds is 1. The molecule has 2 atom stereocenters. The largest absolute Gasteiger partial charge is 0.485 e. The van der Waals surface area contributed by atoms with E-state index in [0.29, 0.717) is 17.0 Å². The van der Waals surface area contributed by atoms with E-state index in [0.717, 1.165) is 16.9 Å². The van der Waals surface area contributed by atoms with Crippen LogP contribution >= 0.6 is 11.6 Å². The Hall–Kier alpha value is -1.58. The molecule has 0 aromatic heterocycles. The molecular weight excluding hydrogens is 277 g/mol. The highest BCUT2D eigenvalue weighted by atomic mass is 35.5. The number of ether oxygens (including phenoxy) is 1. The van der Waals surface area contributed by atoms with E-state index in [1.807, 2.05) is 18.2 Å². The zero-order valence-corrected chi connectivity index (χ0v) is 11.8. The SMILES string of the molecule is Cc1cc(C2C[C@H](N)c3cc(Cl)ccc3O2)ccc1F. The molecule has 0 radical (unpaired) electrons. The Morgan fingerprint density at radius 3 is 2.80 bits per heavy atom. The van der Waals surface area contributed by atoms with Gasteiger partial charge >= 0.3 is 0 Å². The lowest BCUT2D eigenvalue weighted by atomic mass is 9.93. The second kappa shape index (κ2) is 5.08. The van der Waals surface area contributed by atoms with Gasteiger partial charge in [-0.1, -0.05) is 17.7 Å². The zero-order valence-electron chi connectivity index (χ0n) is 11.1. The molecule has 0 spiro atoms. The van der Waals surface area contributed by atoms with Gasteiger partial charge in [0, 0.05) is 23.0 Å². The summed E-state index contributed by atoms with van der Waals surface area (Å²) in [4.78, 5) is 0. The average molecular weight is 292 g/mol. The number of nitrogens with two attached hydrogens (primary N) is 1. The lowest BCUT2D eigenvalue weighted by Gasteiger charge is -2.30. The highest BCUT2D eigenvalue weighted by molar-refractivity contribution is 6.30. The summed E-state index contributed by atoms with van der Waals surface area (Å²) in [6, 6.07) is 10.4. The van der Waals surface area contributed by atoms with Crippen LogP contribution in [0.4, 0.5) is 4.39 Å². The summed E-state index contributed by atoms with van der Waals surface area (Å²) < 4.78 is 19.3. The maximum atomic E-state index is 13.3. The van der Waals surface area contributed by atoms with Crippen LogP contribution in [0.5, 0.6) is 5.75 Å². The Kier molecular flexibility index (Phi) is 3.40. The van der Waals surface area contributed by atoms with Crippen molar-refractivity contribution in [3.05, 3.63) is 63.9 Å². The van der Waals surface area contributed by atoms with E-state index in [4.69, 9.17) is 22.1 Å². The third kappa shape index (κ3) is 2.39. The molecule has 0 aliphatic carbocycles. The average Bonchev–Trinajstić information content (AvgIpc) is 2.42. The minimum atomic E-state index is -0.207. The standard InChI is InChI=1S/C16H15ClFNO/c1-9-6-10(2-4-13(9)18)16-8-14(19)12-7-11(17)3-5-15(12)20-16/h2-7,14,16H,8,19H2,1H3/t14-,16?/m0/s1. The monoisotopic (exact) mass is 291 g/mol. The van der Waals surface area contributed by atoms with Gasteiger partial charge in [0.1, 0.15) is 17.7 Å². The van der Waals surface area contributed by atoms with Gasteiger partial charge in [-0.05, 0) is 48.4 Å². The quantitative estimate of drug-likeness (QED) is 0.849. The van der Waals surface area contributed by atoms with Gasteiger partial charge in [-0.2, -0.15) is 0 Å². The molecule has 0 amide bonds. The van der Waals surface area contributed by atoms with Gasteiger partial charge in [0.15, 0.2) is 0 Å². The van der Waals surface area contributed by atoms with Crippen LogP contribution in [0.3, 0.4) is 0 Å². The van der Waals surface area contributed by atoms with Gasteiger partial charge in [-0.15, -0.1) is 0 Å². The molecule has 1 unspecified atom stereocenters. The number of fused-ring (bicyclic) bond motifs is 1. The molecule has 1 aliphatic rings. The van der Waals surface area contributed by atoms with Crippen LogP contribution in [0.25, 0.3) is 0 Å². The van der Waals surface area contributed by atoms with Crippen LogP contribution in [0, 0.1) is 12.7 Å². The summed E-state index contributed by atoms with van der Waals surface area (Å²) in [5.41, 5.74) is 8.68. The Bertz CT molecular complexity index is 659. The van der Waals surface area contributed by atoms with Crippen LogP contribution in [0.2, 0.25) is 5.02 Å². The van der Waals surface area contributed by atoms with E-state index in [1.165, 1.54) is 6.07 Å².